The number of hydrogen-bond acceptors (Lipinski definition) is 0. The normalized spacial score (nSPS) is 9.50. The molecule has 36 heavy (non-hydrogen) atoms. The van der Waals surface area contributed by atoms with Crippen molar-refractivity contribution in [2.24, 2.45) is 0 Å². The molecule has 0 N–H and O–H groups in total. The van der Waals surface area contributed by atoms with E-state index in [9.17, 15) is 0 Å². The van der Waals surface area contributed by atoms with Crippen molar-refractivity contribution in [2.45, 2.75) is 80.1 Å². The van der Waals surface area contributed by atoms with Crippen LogP contribution in [-0.2, 0) is 38.5 Å². The summed E-state index contributed by atoms with van der Waals surface area (Å²) < 4.78 is 0. The van der Waals surface area contributed by atoms with Crippen LogP contribution in [0, 0.1) is 0 Å². The lowest BCUT2D eigenvalue weighted by Gasteiger charge is -2.10. The van der Waals surface area contributed by atoms with Gasteiger partial charge in [0, 0.05) is 0 Å². The van der Waals surface area contributed by atoms with Crippen LogP contribution in [-0.4, -0.2) is 0 Å². The van der Waals surface area contributed by atoms with Gasteiger partial charge >= 0.3 is 0 Å². The molecule has 0 radical (unpaired) electrons. The van der Waals surface area contributed by atoms with Crippen LogP contribution in [0.3, 0.4) is 0 Å². The Kier molecular flexibility index (Phi) is 17.3. The molecular weight excluding hydrogens is 432 g/mol. The van der Waals surface area contributed by atoms with E-state index < -0.39 is 0 Å². The zero-order chi connectivity index (χ0) is 26.4. The van der Waals surface area contributed by atoms with E-state index in [1.54, 1.807) is 5.56 Å². The summed E-state index contributed by atoms with van der Waals surface area (Å²) in [5, 5.41) is 0. The highest BCUT2D eigenvalue weighted by Gasteiger charge is 2.02. The van der Waals surface area contributed by atoms with Gasteiger partial charge in [-0.15, -0.1) is 0 Å². The molecule has 0 aromatic heterocycles. The predicted octanol–water partition coefficient (Wildman–Crippen LogP) is 10.1. The summed E-state index contributed by atoms with van der Waals surface area (Å²) in [5.74, 6) is 0. The van der Waals surface area contributed by atoms with Crippen molar-refractivity contribution in [3.8, 4) is 0 Å². The largest absolute Gasteiger partial charge is 0.0623 e. The Hall–Kier alpha value is -3.12. The summed E-state index contributed by atoms with van der Waals surface area (Å²) in [6.45, 7) is 13.3. The van der Waals surface area contributed by atoms with Gasteiger partial charge in [-0.25, -0.2) is 0 Å². The smallest absolute Gasteiger partial charge is 0.0302 e. The zero-order valence-corrected chi connectivity index (χ0v) is 23.6. The SMILES string of the molecule is CCc1cccc(CC)c1CC.CCc1ccccc1.CCc1ccccc1CC.c1ccccc1. The summed E-state index contributed by atoms with van der Waals surface area (Å²) in [7, 11) is 0. The number of benzene rings is 4. The van der Waals surface area contributed by atoms with Crippen LogP contribution in [0.1, 0.15) is 74.9 Å². The van der Waals surface area contributed by atoms with E-state index in [4.69, 9.17) is 0 Å². The maximum absolute atomic E-state index is 2.25. The second-order valence-corrected chi connectivity index (χ2v) is 8.59. The molecular formula is C36H48. The maximum Gasteiger partial charge on any atom is -0.0302 e. The highest BCUT2D eigenvalue weighted by atomic mass is 14.1. The molecule has 0 aliphatic carbocycles. The fourth-order valence-electron chi connectivity index (χ4n) is 4.15. The fraction of sp³-hybridized carbons (Fsp3) is 0.333. The van der Waals surface area contributed by atoms with Crippen molar-refractivity contribution in [2.75, 3.05) is 0 Å². The van der Waals surface area contributed by atoms with E-state index in [1.807, 2.05) is 42.5 Å². The van der Waals surface area contributed by atoms with Crippen LogP contribution >= 0.6 is 0 Å². The van der Waals surface area contributed by atoms with E-state index in [0.29, 0.717) is 0 Å². The first-order valence-corrected chi connectivity index (χ1v) is 13.8. The molecule has 0 atom stereocenters. The maximum atomic E-state index is 2.25. The van der Waals surface area contributed by atoms with Gasteiger partial charge in [-0.2, -0.15) is 0 Å². The minimum absolute atomic E-state index is 1.14. The van der Waals surface area contributed by atoms with Gasteiger partial charge in [0.05, 0.1) is 0 Å². The second kappa shape index (κ2) is 20.1. The first-order valence-electron chi connectivity index (χ1n) is 13.8. The van der Waals surface area contributed by atoms with Gasteiger partial charge in [-0.3, -0.25) is 0 Å². The van der Waals surface area contributed by atoms with Crippen molar-refractivity contribution in [3.05, 3.63) is 143 Å². The van der Waals surface area contributed by atoms with Crippen LogP contribution < -0.4 is 0 Å². The molecule has 4 aromatic rings. The summed E-state index contributed by atoms with van der Waals surface area (Å²) in [4.78, 5) is 0. The van der Waals surface area contributed by atoms with Gasteiger partial charge in [0.15, 0.2) is 0 Å². The van der Waals surface area contributed by atoms with Crippen LogP contribution in [0.25, 0.3) is 0 Å². The number of aryl methyl sites for hydroxylation is 5. The molecule has 4 aromatic carbocycles. The van der Waals surface area contributed by atoms with Crippen LogP contribution in [0.4, 0.5) is 0 Å². The van der Waals surface area contributed by atoms with E-state index in [2.05, 4.69) is 108 Å². The minimum atomic E-state index is 1.14. The molecule has 0 aliphatic rings. The van der Waals surface area contributed by atoms with E-state index in [-0.39, 0.29) is 0 Å². The molecule has 0 spiro atoms. The molecule has 0 amide bonds. The van der Waals surface area contributed by atoms with Crippen LogP contribution in [0.5, 0.6) is 0 Å². The average molecular weight is 481 g/mol. The van der Waals surface area contributed by atoms with Crippen molar-refractivity contribution < 1.29 is 0 Å². The van der Waals surface area contributed by atoms with E-state index in [1.165, 1.54) is 34.2 Å². The molecule has 0 aliphatic heterocycles. The summed E-state index contributed by atoms with van der Waals surface area (Å²) >= 11 is 0. The van der Waals surface area contributed by atoms with Gasteiger partial charge < -0.3 is 0 Å². The molecule has 0 nitrogen and oxygen atoms in total. The molecule has 0 heterocycles. The Morgan fingerprint density at radius 2 is 0.639 bits per heavy atom. The topological polar surface area (TPSA) is 0 Å². The van der Waals surface area contributed by atoms with Gasteiger partial charge in [0.2, 0.25) is 0 Å². The second-order valence-electron chi connectivity index (χ2n) is 8.59. The summed E-state index contributed by atoms with van der Waals surface area (Å²) in [6.07, 6.45) is 6.95. The molecule has 0 unspecified atom stereocenters. The van der Waals surface area contributed by atoms with Gasteiger partial charge in [0.1, 0.15) is 0 Å². The highest BCUT2D eigenvalue weighted by Crippen LogP contribution is 2.16. The van der Waals surface area contributed by atoms with Gasteiger partial charge in [-0.05, 0) is 71.9 Å². The number of rotatable bonds is 6. The molecule has 0 bridgehead atoms. The first-order chi connectivity index (χ1) is 17.6. The minimum Gasteiger partial charge on any atom is -0.0623 e. The Bertz CT molecular complexity index is 960. The summed E-state index contributed by atoms with van der Waals surface area (Å²) in [6, 6.07) is 37.8. The Morgan fingerprint density at radius 1 is 0.306 bits per heavy atom. The first kappa shape index (κ1) is 30.9. The van der Waals surface area contributed by atoms with Crippen LogP contribution in [0.2, 0.25) is 0 Å². The molecule has 0 fully saturated rings. The van der Waals surface area contributed by atoms with E-state index >= 15 is 0 Å². The third-order valence-corrected chi connectivity index (χ3v) is 6.28. The van der Waals surface area contributed by atoms with Crippen molar-refractivity contribution in [1.82, 2.24) is 0 Å². The Balaban J connectivity index is 0.000000247. The van der Waals surface area contributed by atoms with Crippen molar-refractivity contribution in [1.29, 1.82) is 0 Å². The predicted molar refractivity (Wildman–Crippen MR) is 162 cm³/mol. The number of hydrogen-bond donors (Lipinski definition) is 0. The van der Waals surface area contributed by atoms with E-state index in [0.717, 1.165) is 32.1 Å². The third kappa shape index (κ3) is 12.0. The fourth-order valence-corrected chi connectivity index (χ4v) is 4.15. The lowest BCUT2D eigenvalue weighted by Crippen LogP contribution is -1.96. The van der Waals surface area contributed by atoms with Crippen molar-refractivity contribution in [3.63, 3.8) is 0 Å². The van der Waals surface area contributed by atoms with Crippen LogP contribution in [0.15, 0.2) is 109 Å². The average Bonchev–Trinajstić information content (AvgIpc) is 2.98. The Labute approximate surface area is 222 Å². The molecule has 0 saturated carbocycles. The van der Waals surface area contributed by atoms with Crippen molar-refractivity contribution >= 4 is 0 Å². The van der Waals surface area contributed by atoms with Gasteiger partial charge in [-0.1, -0.05) is 151 Å². The third-order valence-electron chi connectivity index (χ3n) is 6.28. The molecule has 0 saturated heterocycles. The molecule has 192 valence electrons. The summed E-state index contributed by atoms with van der Waals surface area (Å²) in [5.41, 5.74) is 9.01. The Morgan fingerprint density at radius 3 is 0.944 bits per heavy atom. The lowest BCUT2D eigenvalue weighted by atomic mass is 9.96. The standard InChI is InChI=1S/C12H18.C10H14.C8H10.C6H6/c1-4-10-8-7-9-11(5-2)12(10)6-3;1-3-9-7-5-6-8-10(9)4-2;1-2-8-6-4-3-5-7-8;1-2-4-6-5-3-1/h7-9H,4-6H2,1-3H3;5-8H,3-4H2,1-2H3;3-7H,2H2,1H3;1-6H. The monoisotopic (exact) mass is 480 g/mol. The zero-order valence-electron chi connectivity index (χ0n) is 23.6. The molecule has 0 heteroatoms. The lowest BCUT2D eigenvalue weighted by molar-refractivity contribution is 0.981. The highest BCUT2D eigenvalue weighted by molar-refractivity contribution is 5.35. The van der Waals surface area contributed by atoms with Gasteiger partial charge in [0.25, 0.3) is 0 Å². The molecule has 4 rings (SSSR count). The quantitative estimate of drug-likeness (QED) is 0.257.